The topological polar surface area (TPSA) is 187 Å². The summed E-state index contributed by atoms with van der Waals surface area (Å²) in [6, 6.07) is 36.6. The molecule has 2 fully saturated rings. The molecule has 14 heteroatoms. The molecule has 6 aromatic carbocycles. The standard InChI is InChI=1S/C36H43NO6.C35H42N2O5/c1-25-27(14-10-15-28(25)26-12-4-3-5-13-26)24-43-33-22-34(42-21-9-7-19-35(38)41-2)31(29-16-11-17-30(29)33)23-37-20-8-6-18-32(37)36(39)40;1-24-26(13-9-14-27(24)25-11-3-2-4-12-25)23-42-32-21-33(41-20-8-6-18-34(36)38)30(28-15-10-16-29(28)32)22-37-19-7-5-17-31(37)35(39)40/h3-5,10,12-15,22,32H,6-9,11,16-21,23-24H2,1-2H3,(H,39,40);2-4,9,11-14,21,31H,5-8,10,15-20,22-23H2,1H3,(H2,36,38)(H,39,40)/t32-;31-/m00/s1. The molecule has 1 amide bonds. The van der Waals surface area contributed by atoms with Gasteiger partial charge in [0.2, 0.25) is 5.91 Å². The van der Waals surface area contributed by atoms with Crippen LogP contribution in [0.1, 0.15) is 146 Å². The number of carboxylic acids is 2. The predicted molar refractivity (Wildman–Crippen MR) is 330 cm³/mol. The van der Waals surface area contributed by atoms with Gasteiger partial charge in [0.15, 0.2) is 0 Å². The predicted octanol–water partition coefficient (Wildman–Crippen LogP) is 13.1. The maximum absolute atomic E-state index is 12.1. The summed E-state index contributed by atoms with van der Waals surface area (Å²) in [7, 11) is 1.40. The number of hydrogen-bond donors (Lipinski definition) is 3. The minimum Gasteiger partial charge on any atom is -0.493 e. The Morgan fingerprint density at radius 1 is 0.506 bits per heavy atom. The van der Waals surface area contributed by atoms with Gasteiger partial charge in [-0.3, -0.25) is 29.0 Å². The SMILES string of the molecule is COC(=O)CCCCOc1cc(OCc2cccc(-c3ccccc3)c2C)c2c(c1CN1CCCC[C@H]1C(=O)O)CCC2.Cc1c(COc2cc(OCCCCC(N)=O)c(CN3CCCC[C@H]3C(=O)O)c3c2CCC3)cccc1-c1ccccc1. The Morgan fingerprint density at radius 3 is 1.36 bits per heavy atom. The van der Waals surface area contributed by atoms with Gasteiger partial charge in [0.1, 0.15) is 48.3 Å². The molecule has 450 valence electrons. The Balaban J connectivity index is 0.000000204. The molecule has 2 aliphatic carbocycles. The van der Waals surface area contributed by atoms with E-state index < -0.39 is 24.0 Å². The van der Waals surface area contributed by atoms with Crippen molar-refractivity contribution in [3.05, 3.63) is 165 Å². The van der Waals surface area contributed by atoms with Crippen LogP contribution in [-0.4, -0.2) is 89.3 Å². The Hall–Kier alpha value is -7.68. The molecule has 6 aromatic rings. The number of nitrogens with zero attached hydrogens (tertiary/aromatic N) is 2. The Bertz CT molecular complexity index is 3250. The van der Waals surface area contributed by atoms with E-state index >= 15 is 0 Å². The van der Waals surface area contributed by atoms with Crippen LogP contribution in [0.15, 0.2) is 109 Å². The number of methoxy groups -OCH3 is 1. The second kappa shape index (κ2) is 30.4. The third-order valence-electron chi connectivity index (χ3n) is 17.6. The summed E-state index contributed by atoms with van der Waals surface area (Å²) in [5, 5.41) is 19.8. The van der Waals surface area contributed by atoms with Crippen molar-refractivity contribution < 1.29 is 53.1 Å². The molecule has 0 saturated carbocycles. The number of likely N-dealkylation sites (tertiary alicyclic amines) is 2. The highest BCUT2D eigenvalue weighted by atomic mass is 16.5. The first-order valence-electron chi connectivity index (χ1n) is 30.8. The molecule has 2 heterocycles. The summed E-state index contributed by atoms with van der Waals surface area (Å²) in [6.45, 7) is 8.74. The Morgan fingerprint density at radius 2 is 0.941 bits per heavy atom. The minimum atomic E-state index is -0.756. The van der Waals surface area contributed by atoms with Crippen molar-refractivity contribution in [1.82, 2.24) is 9.80 Å². The molecule has 14 nitrogen and oxygen atoms in total. The van der Waals surface area contributed by atoms with Crippen LogP contribution in [0.3, 0.4) is 0 Å². The number of carbonyl (C=O) groups excluding carboxylic acids is 2. The second-order valence-corrected chi connectivity index (χ2v) is 23.1. The number of primary amides is 1. The molecule has 0 radical (unpaired) electrons. The molecule has 4 aliphatic rings. The molecule has 10 rings (SSSR count). The number of aliphatic carboxylic acids is 2. The quantitative estimate of drug-likeness (QED) is 0.0344. The van der Waals surface area contributed by atoms with Gasteiger partial charge in [-0.05, 0) is 184 Å². The van der Waals surface area contributed by atoms with Gasteiger partial charge in [-0.2, -0.15) is 0 Å². The number of rotatable bonds is 26. The van der Waals surface area contributed by atoms with Gasteiger partial charge < -0.3 is 39.6 Å². The van der Waals surface area contributed by atoms with E-state index in [1.165, 1.54) is 62.7 Å². The third-order valence-corrected chi connectivity index (χ3v) is 17.6. The van der Waals surface area contributed by atoms with Gasteiger partial charge in [0.05, 0.1) is 20.3 Å². The number of unbranched alkanes of at least 4 members (excludes halogenated alkanes) is 2. The van der Waals surface area contributed by atoms with Gasteiger partial charge in [-0.1, -0.05) is 110 Å². The number of carbonyl (C=O) groups is 4. The van der Waals surface area contributed by atoms with Gasteiger partial charge in [-0.25, -0.2) is 0 Å². The van der Waals surface area contributed by atoms with Gasteiger partial charge >= 0.3 is 17.9 Å². The van der Waals surface area contributed by atoms with Crippen LogP contribution < -0.4 is 24.7 Å². The zero-order chi connectivity index (χ0) is 59.7. The smallest absolute Gasteiger partial charge is 0.320 e. The second-order valence-electron chi connectivity index (χ2n) is 23.1. The average Bonchev–Trinajstić information content (AvgIpc) is 2.57. The van der Waals surface area contributed by atoms with Crippen LogP contribution in [0.25, 0.3) is 22.3 Å². The molecule has 0 aromatic heterocycles. The van der Waals surface area contributed by atoms with E-state index in [0.29, 0.717) is 84.5 Å². The highest BCUT2D eigenvalue weighted by Gasteiger charge is 2.34. The normalized spacial score (nSPS) is 16.6. The molecule has 2 aliphatic heterocycles. The van der Waals surface area contributed by atoms with Gasteiger partial charge in [0, 0.05) is 49.2 Å². The highest BCUT2D eigenvalue weighted by Crippen LogP contribution is 2.43. The Labute approximate surface area is 501 Å². The van der Waals surface area contributed by atoms with Crippen LogP contribution in [-0.2, 0) is 75.9 Å². The van der Waals surface area contributed by atoms with Crippen LogP contribution in [0.2, 0.25) is 0 Å². The largest absolute Gasteiger partial charge is 0.493 e. The Kier molecular flexibility index (Phi) is 22.1. The molecule has 4 N–H and O–H groups in total. The van der Waals surface area contributed by atoms with Crippen LogP contribution in [0.4, 0.5) is 0 Å². The number of esters is 1. The minimum absolute atomic E-state index is 0.217. The summed E-state index contributed by atoms with van der Waals surface area (Å²) in [5.74, 6) is 1.18. The van der Waals surface area contributed by atoms with Crippen molar-refractivity contribution in [2.45, 2.75) is 168 Å². The molecule has 2 atom stereocenters. The van der Waals surface area contributed by atoms with E-state index in [1.54, 1.807) is 0 Å². The van der Waals surface area contributed by atoms with Crippen molar-refractivity contribution in [3.8, 4) is 45.3 Å². The summed E-state index contributed by atoms with van der Waals surface area (Å²) in [4.78, 5) is 51.1. The fraction of sp³-hybridized carbons (Fsp3) is 0.437. The monoisotopic (exact) mass is 1160 g/mol. The highest BCUT2D eigenvalue weighted by molar-refractivity contribution is 5.75. The number of fused-ring (bicyclic) bond motifs is 2. The summed E-state index contributed by atoms with van der Waals surface area (Å²) < 4.78 is 30.7. The lowest BCUT2D eigenvalue weighted by molar-refractivity contribution is -0.145. The van der Waals surface area contributed by atoms with E-state index in [1.807, 2.05) is 24.3 Å². The fourth-order valence-corrected chi connectivity index (χ4v) is 12.9. The number of amides is 1. The van der Waals surface area contributed by atoms with E-state index in [0.717, 1.165) is 129 Å². The number of carboxylic acid groups (broad SMARTS) is 2. The number of nitrogens with two attached hydrogens (primary N) is 1. The van der Waals surface area contributed by atoms with Crippen LogP contribution in [0.5, 0.6) is 23.0 Å². The maximum Gasteiger partial charge on any atom is 0.320 e. The number of ether oxygens (including phenoxy) is 5. The molecular formula is C71H85N3O11. The van der Waals surface area contributed by atoms with Crippen molar-refractivity contribution in [2.24, 2.45) is 5.73 Å². The number of hydrogen-bond acceptors (Lipinski definition) is 11. The van der Waals surface area contributed by atoms with Crippen LogP contribution >= 0.6 is 0 Å². The lowest BCUT2D eigenvalue weighted by atomic mass is 9.96. The third kappa shape index (κ3) is 16.0. The van der Waals surface area contributed by atoms with E-state index in [-0.39, 0.29) is 11.9 Å². The van der Waals surface area contributed by atoms with Crippen LogP contribution in [0, 0.1) is 13.8 Å². The number of benzene rings is 6. The van der Waals surface area contributed by atoms with E-state index in [4.69, 9.17) is 29.4 Å². The summed E-state index contributed by atoms with van der Waals surface area (Å²) in [5.41, 5.74) is 21.9. The molecular weight excluding hydrogens is 1070 g/mol. The molecule has 0 unspecified atom stereocenters. The summed E-state index contributed by atoms with van der Waals surface area (Å²) in [6.07, 6.45) is 14.5. The fourth-order valence-electron chi connectivity index (χ4n) is 12.9. The van der Waals surface area contributed by atoms with Gasteiger partial charge in [-0.15, -0.1) is 0 Å². The van der Waals surface area contributed by atoms with Crippen molar-refractivity contribution in [2.75, 3.05) is 33.4 Å². The van der Waals surface area contributed by atoms with Crippen molar-refractivity contribution in [3.63, 3.8) is 0 Å². The van der Waals surface area contributed by atoms with E-state index in [9.17, 15) is 29.4 Å². The van der Waals surface area contributed by atoms with E-state index in [2.05, 4.69) is 109 Å². The lowest BCUT2D eigenvalue weighted by Gasteiger charge is -2.34. The first-order valence-corrected chi connectivity index (χ1v) is 30.8. The zero-order valence-electron chi connectivity index (χ0n) is 50.0. The van der Waals surface area contributed by atoms with Crippen molar-refractivity contribution >= 4 is 23.8 Å². The first kappa shape index (κ1) is 61.9. The average molecular weight is 1160 g/mol. The molecule has 0 bridgehead atoms. The lowest BCUT2D eigenvalue weighted by Crippen LogP contribution is -2.44. The van der Waals surface area contributed by atoms with Gasteiger partial charge in [0.25, 0.3) is 0 Å². The first-order chi connectivity index (χ1) is 41.4. The van der Waals surface area contributed by atoms with Crippen molar-refractivity contribution in [1.29, 1.82) is 0 Å². The summed E-state index contributed by atoms with van der Waals surface area (Å²) >= 11 is 0. The molecule has 2 saturated heterocycles. The molecule has 0 spiro atoms. The maximum atomic E-state index is 12.1. The molecule has 85 heavy (non-hydrogen) atoms. The number of piperidine rings is 2. The zero-order valence-corrected chi connectivity index (χ0v) is 50.0.